The SMILES string of the molecule is O=C1CCc2cc(/C=C/C(=O)N3CCC(Cc4ccccn4)CC3)cnc2N1. The maximum Gasteiger partial charge on any atom is 0.246 e. The minimum Gasteiger partial charge on any atom is -0.339 e. The van der Waals surface area contributed by atoms with Crippen LogP contribution in [0, 0.1) is 5.92 Å². The first-order valence-electron chi connectivity index (χ1n) is 9.83. The van der Waals surface area contributed by atoms with Gasteiger partial charge in [0.2, 0.25) is 11.8 Å². The first-order chi connectivity index (χ1) is 13.7. The van der Waals surface area contributed by atoms with Crippen LogP contribution in [0.5, 0.6) is 0 Å². The Morgan fingerprint density at radius 2 is 2.07 bits per heavy atom. The van der Waals surface area contributed by atoms with E-state index in [-0.39, 0.29) is 11.8 Å². The number of nitrogens with zero attached hydrogens (tertiary/aromatic N) is 3. The average Bonchev–Trinajstić information content (AvgIpc) is 2.73. The molecule has 4 heterocycles. The standard InChI is InChI=1S/C22H24N4O2/c27-20-6-5-18-13-17(15-24-22(18)25-20)4-7-21(28)26-11-8-16(9-12-26)14-19-3-1-2-10-23-19/h1-4,7,10,13,15-16H,5-6,8-9,11-12,14H2,(H,24,25,27)/b7-4+. The lowest BCUT2D eigenvalue weighted by molar-refractivity contribution is -0.127. The van der Waals surface area contributed by atoms with Crippen LogP contribution >= 0.6 is 0 Å². The summed E-state index contributed by atoms with van der Waals surface area (Å²) in [6.07, 6.45) is 11.1. The summed E-state index contributed by atoms with van der Waals surface area (Å²) < 4.78 is 0. The van der Waals surface area contributed by atoms with Crippen LogP contribution in [0.4, 0.5) is 5.82 Å². The molecule has 2 aromatic heterocycles. The van der Waals surface area contributed by atoms with E-state index < -0.39 is 0 Å². The fraction of sp³-hybridized carbons (Fsp3) is 0.364. The topological polar surface area (TPSA) is 75.2 Å². The van der Waals surface area contributed by atoms with Crippen molar-refractivity contribution < 1.29 is 9.59 Å². The molecule has 1 saturated heterocycles. The van der Waals surface area contributed by atoms with Gasteiger partial charge in [-0.25, -0.2) is 4.98 Å². The van der Waals surface area contributed by atoms with Gasteiger partial charge in [-0.15, -0.1) is 0 Å². The second kappa shape index (κ2) is 8.33. The number of likely N-dealkylation sites (tertiary alicyclic amines) is 1. The van der Waals surface area contributed by atoms with E-state index in [1.54, 1.807) is 12.3 Å². The van der Waals surface area contributed by atoms with Gasteiger partial charge in [0, 0.05) is 43.7 Å². The molecule has 0 unspecified atom stereocenters. The van der Waals surface area contributed by atoms with Crippen molar-refractivity contribution in [3.05, 3.63) is 59.6 Å². The molecule has 6 heteroatoms. The number of hydrogen-bond acceptors (Lipinski definition) is 4. The van der Waals surface area contributed by atoms with Gasteiger partial charge in [0.05, 0.1) is 0 Å². The number of aryl methyl sites for hydroxylation is 1. The molecule has 0 radical (unpaired) electrons. The number of pyridine rings is 2. The van der Waals surface area contributed by atoms with Crippen molar-refractivity contribution in [1.82, 2.24) is 14.9 Å². The van der Waals surface area contributed by atoms with E-state index in [4.69, 9.17) is 0 Å². The van der Waals surface area contributed by atoms with E-state index in [1.807, 2.05) is 35.4 Å². The van der Waals surface area contributed by atoms with Gasteiger partial charge in [-0.05, 0) is 67.0 Å². The van der Waals surface area contributed by atoms with Crippen LogP contribution in [-0.4, -0.2) is 39.8 Å². The Kier molecular flexibility index (Phi) is 5.46. The third-order valence-corrected chi connectivity index (χ3v) is 5.44. The predicted molar refractivity (Wildman–Crippen MR) is 107 cm³/mol. The molecule has 144 valence electrons. The Morgan fingerprint density at radius 3 is 2.86 bits per heavy atom. The number of piperidine rings is 1. The quantitative estimate of drug-likeness (QED) is 0.833. The molecule has 0 aromatic carbocycles. The minimum absolute atomic E-state index is 0.00455. The smallest absolute Gasteiger partial charge is 0.246 e. The lowest BCUT2D eigenvalue weighted by Crippen LogP contribution is -2.38. The van der Waals surface area contributed by atoms with Gasteiger partial charge in [-0.1, -0.05) is 6.07 Å². The van der Waals surface area contributed by atoms with Crippen molar-refractivity contribution >= 4 is 23.7 Å². The molecule has 0 saturated carbocycles. The summed E-state index contributed by atoms with van der Waals surface area (Å²) in [6, 6.07) is 8.02. The summed E-state index contributed by atoms with van der Waals surface area (Å²) in [6.45, 7) is 1.57. The monoisotopic (exact) mass is 376 g/mol. The third kappa shape index (κ3) is 4.44. The minimum atomic E-state index is 0.00455. The Balaban J connectivity index is 1.30. The zero-order valence-electron chi connectivity index (χ0n) is 15.8. The fourth-order valence-electron chi connectivity index (χ4n) is 3.81. The van der Waals surface area contributed by atoms with E-state index in [0.717, 1.165) is 49.2 Å². The summed E-state index contributed by atoms with van der Waals surface area (Å²) in [5.41, 5.74) is 3.03. The number of rotatable bonds is 4. The highest BCUT2D eigenvalue weighted by Gasteiger charge is 2.22. The number of carbonyl (C=O) groups is 2. The summed E-state index contributed by atoms with van der Waals surface area (Å²) in [4.78, 5) is 34.5. The van der Waals surface area contributed by atoms with Crippen LogP contribution < -0.4 is 5.32 Å². The molecule has 2 aliphatic heterocycles. The summed E-state index contributed by atoms with van der Waals surface area (Å²) >= 11 is 0. The lowest BCUT2D eigenvalue weighted by Gasteiger charge is -2.31. The van der Waals surface area contributed by atoms with E-state index in [9.17, 15) is 9.59 Å². The Morgan fingerprint density at radius 1 is 1.21 bits per heavy atom. The van der Waals surface area contributed by atoms with E-state index >= 15 is 0 Å². The predicted octanol–water partition coefficient (Wildman–Crippen LogP) is 2.86. The van der Waals surface area contributed by atoms with Crippen molar-refractivity contribution in [1.29, 1.82) is 0 Å². The molecule has 6 nitrogen and oxygen atoms in total. The molecule has 28 heavy (non-hydrogen) atoms. The van der Waals surface area contributed by atoms with Gasteiger partial charge in [0.25, 0.3) is 0 Å². The van der Waals surface area contributed by atoms with Crippen molar-refractivity contribution in [2.24, 2.45) is 5.92 Å². The van der Waals surface area contributed by atoms with Crippen LogP contribution in [0.1, 0.15) is 36.1 Å². The normalized spacial score (nSPS) is 17.4. The van der Waals surface area contributed by atoms with Crippen molar-refractivity contribution in [3.63, 3.8) is 0 Å². The number of amides is 2. The zero-order chi connectivity index (χ0) is 19.3. The third-order valence-electron chi connectivity index (χ3n) is 5.44. The second-order valence-corrected chi connectivity index (χ2v) is 7.45. The number of fused-ring (bicyclic) bond motifs is 1. The Hall–Kier alpha value is -3.02. The molecule has 2 amide bonds. The maximum absolute atomic E-state index is 12.5. The molecule has 1 N–H and O–H groups in total. The largest absolute Gasteiger partial charge is 0.339 e. The summed E-state index contributed by atoms with van der Waals surface area (Å²) in [5.74, 6) is 1.27. The molecular weight excluding hydrogens is 352 g/mol. The highest BCUT2D eigenvalue weighted by molar-refractivity contribution is 5.93. The summed E-state index contributed by atoms with van der Waals surface area (Å²) in [5, 5.41) is 2.77. The van der Waals surface area contributed by atoms with Crippen LogP contribution in [0.2, 0.25) is 0 Å². The van der Waals surface area contributed by atoms with Gasteiger partial charge >= 0.3 is 0 Å². The average molecular weight is 376 g/mol. The van der Waals surface area contributed by atoms with Crippen LogP contribution in [0.3, 0.4) is 0 Å². The highest BCUT2D eigenvalue weighted by Crippen LogP contribution is 2.23. The highest BCUT2D eigenvalue weighted by atomic mass is 16.2. The van der Waals surface area contributed by atoms with E-state index in [1.165, 1.54) is 0 Å². The fourth-order valence-corrected chi connectivity index (χ4v) is 3.81. The number of nitrogens with one attached hydrogen (secondary N) is 1. The van der Waals surface area contributed by atoms with Gasteiger partial charge in [-0.2, -0.15) is 0 Å². The van der Waals surface area contributed by atoms with E-state index in [0.29, 0.717) is 24.6 Å². The zero-order valence-corrected chi connectivity index (χ0v) is 15.8. The van der Waals surface area contributed by atoms with Gasteiger partial charge in [0.1, 0.15) is 5.82 Å². The molecule has 0 atom stereocenters. The molecule has 0 bridgehead atoms. The van der Waals surface area contributed by atoms with Crippen LogP contribution in [-0.2, 0) is 22.4 Å². The number of carbonyl (C=O) groups excluding carboxylic acids is 2. The van der Waals surface area contributed by atoms with Gasteiger partial charge in [-0.3, -0.25) is 14.6 Å². The Bertz CT molecular complexity index is 887. The van der Waals surface area contributed by atoms with Crippen LogP contribution in [0.25, 0.3) is 6.08 Å². The molecule has 0 spiro atoms. The number of aromatic nitrogens is 2. The van der Waals surface area contributed by atoms with Crippen LogP contribution in [0.15, 0.2) is 42.7 Å². The Labute approximate surface area is 164 Å². The first-order valence-corrected chi connectivity index (χ1v) is 9.83. The molecular formula is C22H24N4O2. The lowest BCUT2D eigenvalue weighted by atomic mass is 9.92. The molecule has 2 aliphatic rings. The molecule has 2 aromatic rings. The van der Waals surface area contributed by atoms with Gasteiger partial charge < -0.3 is 10.2 Å². The first kappa shape index (κ1) is 18.3. The number of anilines is 1. The van der Waals surface area contributed by atoms with Crippen molar-refractivity contribution in [2.75, 3.05) is 18.4 Å². The second-order valence-electron chi connectivity index (χ2n) is 7.45. The molecule has 0 aliphatic carbocycles. The van der Waals surface area contributed by atoms with Crippen molar-refractivity contribution in [2.45, 2.75) is 32.1 Å². The van der Waals surface area contributed by atoms with Crippen molar-refractivity contribution in [3.8, 4) is 0 Å². The number of hydrogen-bond donors (Lipinski definition) is 1. The molecule has 4 rings (SSSR count). The maximum atomic E-state index is 12.5. The van der Waals surface area contributed by atoms with E-state index in [2.05, 4.69) is 21.4 Å². The summed E-state index contributed by atoms with van der Waals surface area (Å²) in [7, 11) is 0. The molecule has 1 fully saturated rings. The van der Waals surface area contributed by atoms with Gasteiger partial charge in [0.15, 0.2) is 0 Å².